The van der Waals surface area contributed by atoms with Gasteiger partial charge in [-0.1, -0.05) is 30.3 Å². The van der Waals surface area contributed by atoms with Crippen molar-refractivity contribution in [3.05, 3.63) is 54.1 Å². The van der Waals surface area contributed by atoms with Crippen LogP contribution >= 0.6 is 0 Å². The van der Waals surface area contributed by atoms with E-state index in [1.807, 2.05) is 43.3 Å². The monoisotopic (exact) mass is 513 g/mol. The summed E-state index contributed by atoms with van der Waals surface area (Å²) in [6.07, 6.45) is -0.287. The van der Waals surface area contributed by atoms with E-state index in [-0.39, 0.29) is 41.1 Å². The Morgan fingerprint density at radius 3 is 2.51 bits per heavy atom. The summed E-state index contributed by atoms with van der Waals surface area (Å²) in [4.78, 5) is 24.0. The van der Waals surface area contributed by atoms with Gasteiger partial charge in [-0.3, -0.25) is 4.79 Å². The molecule has 2 aliphatic carbocycles. The van der Waals surface area contributed by atoms with Crippen molar-refractivity contribution in [2.45, 2.75) is 57.0 Å². The number of nitrogens with one attached hydrogen (secondary N) is 2. The number of hydrogen-bond acceptors (Lipinski definition) is 6. The number of anilines is 2. The van der Waals surface area contributed by atoms with Crippen LogP contribution < -0.4 is 20.3 Å². The van der Waals surface area contributed by atoms with E-state index in [1.54, 1.807) is 6.07 Å². The summed E-state index contributed by atoms with van der Waals surface area (Å²) in [7, 11) is 3.93. The molecule has 3 aromatic rings. The Hall–Kier alpha value is -3.56. The second kappa shape index (κ2) is 9.72. The molecule has 1 atom stereocenters. The van der Waals surface area contributed by atoms with Crippen molar-refractivity contribution in [1.29, 1.82) is 0 Å². The van der Waals surface area contributed by atoms with Gasteiger partial charge in [0, 0.05) is 37.1 Å². The van der Waals surface area contributed by atoms with E-state index in [0.29, 0.717) is 5.95 Å². The minimum Gasteiger partial charge on any atom is -0.405 e. The molecule has 10 heteroatoms. The van der Waals surface area contributed by atoms with Gasteiger partial charge in [0.1, 0.15) is 11.6 Å². The average molecular weight is 514 g/mol. The van der Waals surface area contributed by atoms with Crippen LogP contribution in [0.2, 0.25) is 0 Å². The predicted molar refractivity (Wildman–Crippen MR) is 136 cm³/mol. The molecule has 0 saturated heterocycles. The third kappa shape index (κ3) is 5.73. The van der Waals surface area contributed by atoms with Crippen LogP contribution in [0.15, 0.2) is 48.5 Å². The number of alkyl halides is 3. The molecule has 5 rings (SSSR count). The number of ether oxygens (including phenoxy) is 1. The van der Waals surface area contributed by atoms with E-state index >= 15 is 0 Å². The van der Waals surface area contributed by atoms with Crippen LogP contribution in [-0.4, -0.2) is 48.4 Å². The van der Waals surface area contributed by atoms with Gasteiger partial charge >= 0.3 is 6.36 Å². The summed E-state index contributed by atoms with van der Waals surface area (Å²) in [6.45, 7) is 0. The second-order valence-corrected chi connectivity index (χ2v) is 10.2. The SMILES string of the molecule is CN(C)c1nc(NC2CCC3(CC2)C[C@H]3NC(=O)Cc2ccccc2OC(F)(F)F)nc2ccccc12. The number of fused-ring (bicyclic) bond motifs is 1. The lowest BCUT2D eigenvalue weighted by Gasteiger charge is -2.30. The van der Waals surface area contributed by atoms with Crippen molar-refractivity contribution in [2.24, 2.45) is 5.41 Å². The first-order valence-corrected chi connectivity index (χ1v) is 12.5. The van der Waals surface area contributed by atoms with Crippen LogP contribution in [0.3, 0.4) is 0 Å². The Balaban J connectivity index is 1.15. The second-order valence-electron chi connectivity index (χ2n) is 10.2. The fraction of sp³-hybridized carbons (Fsp3) is 0.444. The molecule has 0 radical (unpaired) electrons. The molecular weight excluding hydrogens is 483 g/mol. The molecule has 0 bridgehead atoms. The number of amides is 1. The molecule has 2 aromatic carbocycles. The van der Waals surface area contributed by atoms with Crippen molar-refractivity contribution in [3.8, 4) is 5.75 Å². The maximum absolute atomic E-state index is 12.7. The molecule has 1 heterocycles. The number of nitrogens with zero attached hydrogens (tertiary/aromatic N) is 3. The zero-order chi connectivity index (χ0) is 26.2. The number of carbonyl (C=O) groups excluding carboxylic acids is 1. The number of aromatic nitrogens is 2. The quantitative estimate of drug-likeness (QED) is 0.460. The summed E-state index contributed by atoms with van der Waals surface area (Å²) < 4.78 is 42.1. The Kier molecular flexibility index (Phi) is 6.59. The number of benzene rings is 2. The lowest BCUT2D eigenvalue weighted by atomic mass is 9.83. The van der Waals surface area contributed by atoms with Crippen LogP contribution in [0.5, 0.6) is 5.75 Å². The third-order valence-electron chi connectivity index (χ3n) is 7.40. The smallest absolute Gasteiger partial charge is 0.405 e. The van der Waals surface area contributed by atoms with Gasteiger partial charge in [-0.05, 0) is 55.7 Å². The summed E-state index contributed by atoms with van der Waals surface area (Å²) in [5.74, 6) is 0.855. The van der Waals surface area contributed by atoms with Crippen LogP contribution in [0.4, 0.5) is 24.9 Å². The first-order valence-electron chi connectivity index (χ1n) is 12.5. The lowest BCUT2D eigenvalue weighted by molar-refractivity contribution is -0.274. The molecule has 7 nitrogen and oxygen atoms in total. The van der Waals surface area contributed by atoms with Gasteiger partial charge in [0.05, 0.1) is 11.9 Å². The third-order valence-corrected chi connectivity index (χ3v) is 7.40. The van der Waals surface area contributed by atoms with Gasteiger partial charge in [-0.15, -0.1) is 13.2 Å². The Labute approximate surface area is 213 Å². The highest BCUT2D eigenvalue weighted by molar-refractivity contribution is 5.90. The van der Waals surface area contributed by atoms with E-state index in [4.69, 9.17) is 9.97 Å². The van der Waals surface area contributed by atoms with Gasteiger partial charge in [0.25, 0.3) is 0 Å². The Morgan fingerprint density at radius 2 is 1.78 bits per heavy atom. The van der Waals surface area contributed by atoms with Gasteiger partial charge in [0.15, 0.2) is 0 Å². The van der Waals surface area contributed by atoms with Crippen molar-refractivity contribution in [1.82, 2.24) is 15.3 Å². The highest BCUT2D eigenvalue weighted by Gasteiger charge is 2.55. The first kappa shape index (κ1) is 25.1. The van der Waals surface area contributed by atoms with E-state index in [0.717, 1.165) is 48.8 Å². The van der Waals surface area contributed by atoms with E-state index in [9.17, 15) is 18.0 Å². The minimum atomic E-state index is -4.80. The van der Waals surface area contributed by atoms with Crippen LogP contribution in [0, 0.1) is 5.41 Å². The average Bonchev–Trinajstić information content (AvgIpc) is 3.50. The summed E-state index contributed by atoms with van der Waals surface area (Å²) in [5.41, 5.74) is 1.17. The number of halogens is 3. The molecule has 1 amide bonds. The fourth-order valence-corrected chi connectivity index (χ4v) is 5.38. The number of hydrogen-bond donors (Lipinski definition) is 2. The van der Waals surface area contributed by atoms with Crippen molar-refractivity contribution in [2.75, 3.05) is 24.3 Å². The fourth-order valence-electron chi connectivity index (χ4n) is 5.38. The normalized spacial score (nSPS) is 23.1. The summed E-state index contributed by atoms with van der Waals surface area (Å²) >= 11 is 0. The Morgan fingerprint density at radius 1 is 1.08 bits per heavy atom. The molecule has 2 fully saturated rings. The van der Waals surface area contributed by atoms with Crippen LogP contribution in [-0.2, 0) is 11.2 Å². The molecule has 0 aliphatic heterocycles. The highest BCUT2D eigenvalue weighted by atomic mass is 19.4. The van der Waals surface area contributed by atoms with Crippen molar-refractivity contribution in [3.63, 3.8) is 0 Å². The summed E-state index contributed by atoms with van der Waals surface area (Å²) in [6, 6.07) is 14.0. The van der Waals surface area contributed by atoms with Gasteiger partial charge < -0.3 is 20.3 Å². The van der Waals surface area contributed by atoms with Gasteiger partial charge in [-0.25, -0.2) is 4.98 Å². The molecular formula is C27H30F3N5O2. The molecule has 2 saturated carbocycles. The van der Waals surface area contributed by atoms with Crippen molar-refractivity contribution < 1.29 is 22.7 Å². The predicted octanol–water partition coefficient (Wildman–Crippen LogP) is 5.07. The standard InChI is InChI=1S/C27H30F3N5O2/c1-35(2)24-19-8-4-5-9-20(19)32-25(34-24)31-18-11-13-26(14-12-18)16-22(26)33-23(36)15-17-7-3-6-10-21(17)37-27(28,29)30/h3-10,18,22H,11-16H2,1-2H3,(H,33,36)(H,31,32,34)/t18?,22-,26?/m1/s1. The maximum atomic E-state index is 12.7. The zero-order valence-corrected chi connectivity index (χ0v) is 20.8. The molecule has 1 aromatic heterocycles. The number of carbonyl (C=O) groups is 1. The van der Waals surface area contributed by atoms with Gasteiger partial charge in [0.2, 0.25) is 11.9 Å². The highest BCUT2D eigenvalue weighted by Crippen LogP contribution is 2.56. The van der Waals surface area contributed by atoms with E-state index in [1.165, 1.54) is 18.2 Å². The minimum absolute atomic E-state index is 0.0499. The summed E-state index contributed by atoms with van der Waals surface area (Å²) in [5, 5.41) is 7.54. The maximum Gasteiger partial charge on any atom is 0.573 e. The number of rotatable bonds is 7. The molecule has 2 aliphatic rings. The molecule has 1 spiro atoms. The molecule has 0 unspecified atom stereocenters. The first-order chi connectivity index (χ1) is 17.6. The Bertz CT molecular complexity index is 1290. The number of para-hydroxylation sites is 2. The molecule has 37 heavy (non-hydrogen) atoms. The zero-order valence-electron chi connectivity index (χ0n) is 20.8. The van der Waals surface area contributed by atoms with Crippen LogP contribution in [0.1, 0.15) is 37.7 Å². The van der Waals surface area contributed by atoms with Crippen molar-refractivity contribution >= 4 is 28.6 Å². The molecule has 196 valence electrons. The van der Waals surface area contributed by atoms with E-state index in [2.05, 4.69) is 15.4 Å². The topological polar surface area (TPSA) is 79.4 Å². The largest absolute Gasteiger partial charge is 0.573 e. The van der Waals surface area contributed by atoms with E-state index < -0.39 is 6.36 Å². The van der Waals surface area contributed by atoms with Crippen LogP contribution in [0.25, 0.3) is 10.9 Å². The molecule has 2 N–H and O–H groups in total. The van der Waals surface area contributed by atoms with Gasteiger partial charge in [-0.2, -0.15) is 4.98 Å². The lowest BCUT2D eigenvalue weighted by Crippen LogP contribution is -2.35.